The molecule has 0 radical (unpaired) electrons. The summed E-state index contributed by atoms with van der Waals surface area (Å²) in [6, 6.07) is 5.24. The van der Waals surface area contributed by atoms with Crippen LogP contribution < -0.4 is 5.73 Å². The second kappa shape index (κ2) is 6.74. The van der Waals surface area contributed by atoms with Crippen LogP contribution >= 0.6 is 35.6 Å². The van der Waals surface area contributed by atoms with Gasteiger partial charge in [-0.3, -0.25) is 4.79 Å². The molecule has 0 aromatic heterocycles. The molecular formula is C15H19Cl3N2O. The van der Waals surface area contributed by atoms with Crippen molar-refractivity contribution in [2.75, 3.05) is 13.1 Å². The number of rotatable bonds is 1. The molecule has 21 heavy (non-hydrogen) atoms. The van der Waals surface area contributed by atoms with Crippen LogP contribution in [0.15, 0.2) is 18.2 Å². The van der Waals surface area contributed by atoms with Gasteiger partial charge in [-0.15, -0.1) is 12.4 Å². The zero-order chi connectivity index (χ0) is 14.3. The maximum Gasteiger partial charge on any atom is 0.255 e. The summed E-state index contributed by atoms with van der Waals surface area (Å²) in [4.78, 5) is 14.5. The van der Waals surface area contributed by atoms with Crippen molar-refractivity contribution in [1.82, 2.24) is 4.90 Å². The molecule has 2 N–H and O–H groups in total. The van der Waals surface area contributed by atoms with Crippen molar-refractivity contribution in [3.05, 3.63) is 33.8 Å². The number of nitrogens with zero attached hydrogens (tertiary/aromatic N) is 1. The van der Waals surface area contributed by atoms with E-state index in [0.29, 0.717) is 27.4 Å². The molecule has 1 heterocycles. The lowest BCUT2D eigenvalue weighted by molar-refractivity contribution is 0.0783. The van der Waals surface area contributed by atoms with Gasteiger partial charge in [0.15, 0.2) is 0 Å². The molecule has 0 bridgehead atoms. The highest BCUT2D eigenvalue weighted by Crippen LogP contribution is 2.36. The molecule has 3 unspecified atom stereocenters. The van der Waals surface area contributed by atoms with Crippen LogP contribution in [-0.2, 0) is 0 Å². The highest BCUT2D eigenvalue weighted by atomic mass is 35.5. The summed E-state index contributed by atoms with van der Waals surface area (Å²) in [5.41, 5.74) is 6.68. The summed E-state index contributed by atoms with van der Waals surface area (Å²) in [5, 5.41) is 0.990. The number of hydrogen-bond donors (Lipinski definition) is 1. The Labute approximate surface area is 141 Å². The third-order valence-electron chi connectivity index (χ3n) is 4.60. The van der Waals surface area contributed by atoms with E-state index in [9.17, 15) is 4.79 Å². The lowest BCUT2D eigenvalue weighted by Gasteiger charge is -2.29. The summed E-state index contributed by atoms with van der Waals surface area (Å²) in [6.07, 6.45) is 3.41. The Morgan fingerprint density at radius 3 is 2.71 bits per heavy atom. The van der Waals surface area contributed by atoms with Crippen molar-refractivity contribution < 1.29 is 4.79 Å². The van der Waals surface area contributed by atoms with Gasteiger partial charge in [-0.1, -0.05) is 29.6 Å². The molecule has 2 fully saturated rings. The first-order valence-electron chi connectivity index (χ1n) is 7.06. The van der Waals surface area contributed by atoms with Gasteiger partial charge in [0.1, 0.15) is 0 Å². The first-order chi connectivity index (χ1) is 9.56. The van der Waals surface area contributed by atoms with Crippen molar-refractivity contribution in [2.45, 2.75) is 25.3 Å². The molecule has 3 rings (SSSR count). The third kappa shape index (κ3) is 3.31. The SMILES string of the molecule is Cl.NC1CCCC2CN(C(=O)c3cc(Cl)ccc3Cl)CC12. The number of halogens is 3. The summed E-state index contributed by atoms with van der Waals surface area (Å²) >= 11 is 12.1. The maximum absolute atomic E-state index is 12.6. The Hall–Kier alpha value is -0.480. The van der Waals surface area contributed by atoms with Crippen molar-refractivity contribution in [1.29, 1.82) is 0 Å². The van der Waals surface area contributed by atoms with Gasteiger partial charge in [0.05, 0.1) is 10.6 Å². The van der Waals surface area contributed by atoms with Crippen LogP contribution in [0.1, 0.15) is 29.6 Å². The molecule has 1 saturated carbocycles. The molecule has 0 spiro atoms. The van der Waals surface area contributed by atoms with Crippen molar-refractivity contribution >= 4 is 41.5 Å². The second-order valence-electron chi connectivity index (χ2n) is 5.85. The van der Waals surface area contributed by atoms with E-state index in [2.05, 4.69) is 0 Å². The number of carbonyl (C=O) groups excluding carboxylic acids is 1. The molecule has 1 saturated heterocycles. The van der Waals surface area contributed by atoms with Crippen LogP contribution in [0.4, 0.5) is 0 Å². The Kier molecular flexibility index (Phi) is 5.42. The zero-order valence-electron chi connectivity index (χ0n) is 11.6. The van der Waals surface area contributed by atoms with E-state index in [1.54, 1.807) is 18.2 Å². The average Bonchev–Trinajstić information content (AvgIpc) is 2.86. The first-order valence-corrected chi connectivity index (χ1v) is 7.82. The van der Waals surface area contributed by atoms with Crippen molar-refractivity contribution in [3.63, 3.8) is 0 Å². The number of hydrogen-bond acceptors (Lipinski definition) is 2. The Bertz CT molecular complexity index is 538. The van der Waals surface area contributed by atoms with Gasteiger partial charge >= 0.3 is 0 Å². The normalized spacial score (nSPS) is 28.0. The molecule has 1 amide bonds. The van der Waals surface area contributed by atoms with Crippen LogP contribution in [0.3, 0.4) is 0 Å². The van der Waals surface area contributed by atoms with Gasteiger partial charge in [-0.25, -0.2) is 0 Å². The molecule has 1 aromatic rings. The molecule has 1 aliphatic heterocycles. The highest BCUT2D eigenvalue weighted by Gasteiger charge is 2.40. The topological polar surface area (TPSA) is 46.3 Å². The fourth-order valence-electron chi connectivity index (χ4n) is 3.51. The van der Waals surface area contributed by atoms with Gasteiger partial charge < -0.3 is 10.6 Å². The van der Waals surface area contributed by atoms with Crippen LogP contribution in [-0.4, -0.2) is 29.9 Å². The third-order valence-corrected chi connectivity index (χ3v) is 5.16. The average molecular weight is 350 g/mol. The minimum Gasteiger partial charge on any atom is -0.338 e. The predicted octanol–water partition coefficient (Wildman–Crippen LogP) is 3.61. The number of nitrogens with two attached hydrogens (primary N) is 1. The number of amides is 1. The van der Waals surface area contributed by atoms with Crippen LogP contribution in [0.5, 0.6) is 0 Å². The monoisotopic (exact) mass is 348 g/mol. The van der Waals surface area contributed by atoms with E-state index >= 15 is 0 Å². The van der Waals surface area contributed by atoms with Gasteiger partial charge in [0.2, 0.25) is 0 Å². The Morgan fingerprint density at radius 2 is 2.00 bits per heavy atom. The van der Waals surface area contributed by atoms with Gasteiger partial charge in [-0.2, -0.15) is 0 Å². The van der Waals surface area contributed by atoms with E-state index < -0.39 is 0 Å². The number of fused-ring (bicyclic) bond motifs is 1. The number of benzene rings is 1. The fourth-order valence-corrected chi connectivity index (χ4v) is 3.88. The van der Waals surface area contributed by atoms with E-state index in [4.69, 9.17) is 28.9 Å². The predicted molar refractivity (Wildman–Crippen MR) is 88.4 cm³/mol. The van der Waals surface area contributed by atoms with Crippen LogP contribution in [0, 0.1) is 11.8 Å². The highest BCUT2D eigenvalue weighted by molar-refractivity contribution is 6.35. The summed E-state index contributed by atoms with van der Waals surface area (Å²) in [6.45, 7) is 1.54. The van der Waals surface area contributed by atoms with E-state index in [-0.39, 0.29) is 24.4 Å². The number of carbonyl (C=O) groups is 1. The minimum atomic E-state index is -0.0286. The molecule has 2 aliphatic rings. The molecule has 6 heteroatoms. The van der Waals surface area contributed by atoms with E-state index in [1.807, 2.05) is 4.90 Å². The Balaban J connectivity index is 0.00000161. The first kappa shape index (κ1) is 16.9. The second-order valence-corrected chi connectivity index (χ2v) is 6.70. The van der Waals surface area contributed by atoms with Gasteiger partial charge in [0.25, 0.3) is 5.91 Å². The van der Waals surface area contributed by atoms with Gasteiger partial charge in [0, 0.05) is 24.2 Å². The van der Waals surface area contributed by atoms with Gasteiger partial charge in [-0.05, 0) is 42.9 Å². The quantitative estimate of drug-likeness (QED) is 0.842. The largest absolute Gasteiger partial charge is 0.338 e. The molecule has 116 valence electrons. The maximum atomic E-state index is 12.6. The lowest BCUT2D eigenvalue weighted by Crippen LogP contribution is -2.38. The molecule has 1 aromatic carbocycles. The van der Waals surface area contributed by atoms with E-state index in [0.717, 1.165) is 19.5 Å². The summed E-state index contributed by atoms with van der Waals surface area (Å²) in [7, 11) is 0. The molecule has 3 atom stereocenters. The summed E-state index contributed by atoms with van der Waals surface area (Å²) in [5.74, 6) is 0.949. The molecule has 3 nitrogen and oxygen atoms in total. The fraction of sp³-hybridized carbons (Fsp3) is 0.533. The van der Waals surface area contributed by atoms with Crippen LogP contribution in [0.25, 0.3) is 0 Å². The summed E-state index contributed by atoms with van der Waals surface area (Å²) < 4.78 is 0. The Morgan fingerprint density at radius 1 is 1.24 bits per heavy atom. The zero-order valence-corrected chi connectivity index (χ0v) is 13.9. The minimum absolute atomic E-state index is 0. The van der Waals surface area contributed by atoms with Crippen molar-refractivity contribution in [3.8, 4) is 0 Å². The lowest BCUT2D eigenvalue weighted by atomic mass is 9.78. The molecular weight excluding hydrogens is 331 g/mol. The molecule has 1 aliphatic carbocycles. The standard InChI is InChI=1S/C15H18Cl2N2O.ClH/c16-10-4-5-13(17)11(6-10)15(20)19-7-9-2-1-3-14(18)12(9)8-19;/h4-6,9,12,14H,1-3,7-8,18H2;1H. The van der Waals surface area contributed by atoms with Crippen molar-refractivity contribution in [2.24, 2.45) is 17.6 Å². The smallest absolute Gasteiger partial charge is 0.255 e. The van der Waals surface area contributed by atoms with Crippen LogP contribution in [0.2, 0.25) is 10.0 Å². The van der Waals surface area contributed by atoms with E-state index in [1.165, 1.54) is 12.8 Å². The number of likely N-dealkylation sites (tertiary alicyclic amines) is 1.